The molecule has 144 valence electrons. The van der Waals surface area contributed by atoms with Crippen molar-refractivity contribution in [3.8, 4) is 0 Å². The molecule has 1 aliphatic carbocycles. The van der Waals surface area contributed by atoms with Gasteiger partial charge in [-0.25, -0.2) is 12.8 Å². The monoisotopic (exact) mass is 389 g/mol. The minimum Gasteiger partial charge on any atom is -0.345 e. The van der Waals surface area contributed by atoms with Crippen LogP contribution < -0.4 is 5.32 Å². The molecule has 0 heterocycles. The van der Waals surface area contributed by atoms with Crippen LogP contribution in [0.2, 0.25) is 0 Å². The van der Waals surface area contributed by atoms with Crippen molar-refractivity contribution in [2.45, 2.75) is 37.5 Å². The lowest BCUT2D eigenvalue weighted by Crippen LogP contribution is -2.32. The van der Waals surface area contributed by atoms with Crippen molar-refractivity contribution in [3.63, 3.8) is 0 Å². The Labute approximate surface area is 159 Å². The van der Waals surface area contributed by atoms with Crippen LogP contribution in [0, 0.1) is 11.7 Å². The molecular formula is C21H24FNO3S. The van der Waals surface area contributed by atoms with Crippen LogP contribution in [0.25, 0.3) is 0 Å². The van der Waals surface area contributed by atoms with Crippen molar-refractivity contribution in [1.29, 1.82) is 0 Å². The first-order valence-corrected chi connectivity index (χ1v) is 11.2. The maximum atomic E-state index is 13.3. The third kappa shape index (κ3) is 5.39. The number of hydrogen-bond donors (Lipinski definition) is 1. The van der Waals surface area contributed by atoms with Crippen LogP contribution in [0.4, 0.5) is 4.39 Å². The van der Waals surface area contributed by atoms with Crippen molar-refractivity contribution >= 4 is 15.7 Å². The molecule has 0 aromatic heterocycles. The number of sulfone groups is 1. The number of benzene rings is 2. The molecule has 3 rings (SSSR count). The van der Waals surface area contributed by atoms with Gasteiger partial charge in [-0.1, -0.05) is 37.1 Å². The Bertz CT molecular complexity index is 903. The minimum absolute atomic E-state index is 0.0991. The molecule has 0 aliphatic heterocycles. The molecule has 1 amide bonds. The Morgan fingerprint density at radius 2 is 1.81 bits per heavy atom. The third-order valence-corrected chi connectivity index (χ3v) is 5.86. The van der Waals surface area contributed by atoms with E-state index >= 15 is 0 Å². The Balaban J connectivity index is 1.82. The molecule has 1 fully saturated rings. The fourth-order valence-corrected chi connectivity index (χ4v) is 4.55. The summed E-state index contributed by atoms with van der Waals surface area (Å²) in [7, 11) is -3.17. The van der Waals surface area contributed by atoms with E-state index in [9.17, 15) is 17.6 Å². The van der Waals surface area contributed by atoms with Gasteiger partial charge < -0.3 is 5.32 Å². The molecule has 6 heteroatoms. The van der Waals surface area contributed by atoms with Crippen molar-refractivity contribution < 1.29 is 17.6 Å². The molecule has 1 atom stereocenters. The maximum Gasteiger partial charge on any atom is 0.251 e. The van der Waals surface area contributed by atoms with Gasteiger partial charge in [-0.05, 0) is 54.2 Å². The summed E-state index contributed by atoms with van der Waals surface area (Å²) in [6.45, 7) is 0. The number of carbonyl (C=O) groups excluding carboxylic acids is 1. The van der Waals surface area contributed by atoms with Gasteiger partial charge in [0.05, 0.1) is 11.8 Å². The predicted molar refractivity (Wildman–Crippen MR) is 104 cm³/mol. The summed E-state index contributed by atoms with van der Waals surface area (Å²) in [5, 5.41) is 3.09. The fourth-order valence-electron chi connectivity index (χ4n) is 3.76. The molecule has 4 nitrogen and oxygen atoms in total. The van der Waals surface area contributed by atoms with E-state index < -0.39 is 9.84 Å². The van der Waals surface area contributed by atoms with Crippen molar-refractivity contribution in [2.24, 2.45) is 5.92 Å². The molecule has 1 saturated carbocycles. The van der Waals surface area contributed by atoms with Gasteiger partial charge in [0.15, 0.2) is 9.84 Å². The zero-order valence-electron chi connectivity index (χ0n) is 15.3. The topological polar surface area (TPSA) is 63.2 Å². The first-order chi connectivity index (χ1) is 12.8. The van der Waals surface area contributed by atoms with Gasteiger partial charge in [-0.15, -0.1) is 0 Å². The zero-order valence-corrected chi connectivity index (χ0v) is 16.1. The van der Waals surface area contributed by atoms with Crippen LogP contribution in [0.3, 0.4) is 0 Å². The van der Waals surface area contributed by atoms with E-state index in [0.29, 0.717) is 17.0 Å². The number of amides is 1. The van der Waals surface area contributed by atoms with Gasteiger partial charge >= 0.3 is 0 Å². The van der Waals surface area contributed by atoms with Gasteiger partial charge in [0.1, 0.15) is 5.82 Å². The van der Waals surface area contributed by atoms with Crippen LogP contribution in [0.1, 0.15) is 53.2 Å². The summed E-state index contributed by atoms with van der Waals surface area (Å²) in [5.74, 6) is -0.327. The summed E-state index contributed by atoms with van der Waals surface area (Å²) in [4.78, 5) is 12.8. The number of hydrogen-bond acceptors (Lipinski definition) is 3. The number of carbonyl (C=O) groups is 1. The summed E-state index contributed by atoms with van der Waals surface area (Å²) in [6.07, 6.45) is 5.47. The lowest BCUT2D eigenvalue weighted by atomic mass is 9.91. The predicted octanol–water partition coefficient (Wildman–Crippen LogP) is 4.03. The van der Waals surface area contributed by atoms with Crippen LogP contribution in [-0.4, -0.2) is 20.6 Å². The van der Waals surface area contributed by atoms with E-state index in [-0.39, 0.29) is 23.5 Å². The second-order valence-corrected chi connectivity index (χ2v) is 9.46. The maximum absolute atomic E-state index is 13.3. The first kappa shape index (κ1) is 19.5. The average molecular weight is 389 g/mol. The van der Waals surface area contributed by atoms with E-state index in [1.54, 1.807) is 36.4 Å². The molecule has 1 N–H and O–H groups in total. The molecular weight excluding hydrogens is 365 g/mol. The average Bonchev–Trinajstić information content (AvgIpc) is 3.13. The third-order valence-electron chi connectivity index (χ3n) is 5.00. The van der Waals surface area contributed by atoms with Crippen molar-refractivity contribution in [2.75, 3.05) is 6.26 Å². The van der Waals surface area contributed by atoms with E-state index in [4.69, 9.17) is 0 Å². The Hall–Kier alpha value is -2.21. The molecule has 1 unspecified atom stereocenters. The normalized spacial score (nSPS) is 16.2. The van der Waals surface area contributed by atoms with Crippen molar-refractivity contribution in [3.05, 3.63) is 71.0 Å². The summed E-state index contributed by atoms with van der Waals surface area (Å²) < 4.78 is 36.3. The smallest absolute Gasteiger partial charge is 0.251 e. The summed E-state index contributed by atoms with van der Waals surface area (Å²) >= 11 is 0. The number of rotatable bonds is 6. The quantitative estimate of drug-likeness (QED) is 0.811. The van der Waals surface area contributed by atoms with E-state index in [0.717, 1.165) is 31.2 Å². The Kier molecular flexibility index (Phi) is 5.95. The number of nitrogens with one attached hydrogen (secondary N) is 1. The van der Waals surface area contributed by atoms with E-state index in [1.807, 2.05) is 0 Å². The van der Waals surface area contributed by atoms with Crippen LogP contribution in [0.5, 0.6) is 0 Å². The lowest BCUT2D eigenvalue weighted by molar-refractivity contribution is 0.0921. The zero-order chi connectivity index (χ0) is 19.4. The van der Waals surface area contributed by atoms with E-state index in [2.05, 4.69) is 5.32 Å². The van der Waals surface area contributed by atoms with Gasteiger partial charge in [0, 0.05) is 11.8 Å². The summed E-state index contributed by atoms with van der Waals surface area (Å²) in [6, 6.07) is 12.8. The Morgan fingerprint density at radius 1 is 1.15 bits per heavy atom. The van der Waals surface area contributed by atoms with Crippen LogP contribution in [0.15, 0.2) is 48.5 Å². The second-order valence-electron chi connectivity index (χ2n) is 7.32. The minimum atomic E-state index is -3.17. The Morgan fingerprint density at radius 3 is 2.44 bits per heavy atom. The second kappa shape index (κ2) is 8.21. The molecule has 0 saturated heterocycles. The highest BCUT2D eigenvalue weighted by Gasteiger charge is 2.28. The molecule has 27 heavy (non-hydrogen) atoms. The SMILES string of the molecule is CS(=O)(=O)Cc1cccc(C(=O)NC(c2ccc(F)cc2)C2CCCC2)c1. The largest absolute Gasteiger partial charge is 0.345 e. The lowest BCUT2D eigenvalue weighted by Gasteiger charge is -2.25. The number of halogens is 1. The first-order valence-electron chi connectivity index (χ1n) is 9.15. The molecule has 0 bridgehead atoms. The molecule has 0 spiro atoms. The highest BCUT2D eigenvalue weighted by Crippen LogP contribution is 2.36. The van der Waals surface area contributed by atoms with Gasteiger partial charge in [-0.3, -0.25) is 4.79 Å². The van der Waals surface area contributed by atoms with Gasteiger partial charge in [-0.2, -0.15) is 0 Å². The van der Waals surface area contributed by atoms with Gasteiger partial charge in [0.25, 0.3) is 5.91 Å². The molecule has 2 aromatic carbocycles. The van der Waals surface area contributed by atoms with Crippen molar-refractivity contribution in [1.82, 2.24) is 5.32 Å². The fraction of sp³-hybridized carbons (Fsp3) is 0.381. The molecule has 1 aliphatic rings. The van der Waals surface area contributed by atoms with E-state index in [1.165, 1.54) is 18.4 Å². The standard InChI is InChI=1S/C21H24FNO3S/c1-27(25,26)14-15-5-4-8-18(13-15)21(24)23-20(16-6-2-3-7-16)17-9-11-19(22)12-10-17/h4-5,8-13,16,20H,2-3,6-7,14H2,1H3,(H,23,24). The van der Waals surface area contributed by atoms with Crippen LogP contribution in [-0.2, 0) is 15.6 Å². The summed E-state index contributed by atoms with van der Waals surface area (Å²) in [5.41, 5.74) is 1.91. The van der Waals surface area contributed by atoms with Gasteiger partial charge in [0.2, 0.25) is 0 Å². The van der Waals surface area contributed by atoms with Crippen LogP contribution >= 0.6 is 0 Å². The highest BCUT2D eigenvalue weighted by molar-refractivity contribution is 7.89. The molecule has 2 aromatic rings. The highest BCUT2D eigenvalue weighted by atomic mass is 32.2. The molecule has 0 radical (unpaired) electrons.